The summed E-state index contributed by atoms with van der Waals surface area (Å²) in [5.74, 6) is -1.61. The number of carboxylic acids is 1. The van der Waals surface area contributed by atoms with E-state index in [-0.39, 0.29) is 11.4 Å². The molecule has 0 atom stereocenters. The van der Waals surface area contributed by atoms with Crippen molar-refractivity contribution >= 4 is 27.5 Å². The van der Waals surface area contributed by atoms with E-state index in [1.54, 1.807) is 11.6 Å². The summed E-state index contributed by atoms with van der Waals surface area (Å²) in [6.07, 6.45) is 1.27. The van der Waals surface area contributed by atoms with Crippen LogP contribution >= 0.6 is 11.3 Å². The molecule has 1 aromatic carbocycles. The van der Waals surface area contributed by atoms with Crippen LogP contribution in [0.3, 0.4) is 0 Å². The van der Waals surface area contributed by atoms with E-state index in [0.29, 0.717) is 5.69 Å². The smallest absolute Gasteiger partial charge is 0.360 e. The number of hydrogen-bond donors (Lipinski definition) is 2. The lowest BCUT2D eigenvalue weighted by Crippen LogP contribution is -2.00. The van der Waals surface area contributed by atoms with Crippen LogP contribution in [0.2, 0.25) is 0 Å². The van der Waals surface area contributed by atoms with Gasteiger partial charge in [0, 0.05) is 0 Å². The minimum atomic E-state index is -1.26. The molecule has 0 amide bonds. The van der Waals surface area contributed by atoms with Crippen LogP contribution in [0.4, 0.5) is 0 Å². The van der Waals surface area contributed by atoms with Crippen LogP contribution in [-0.4, -0.2) is 30.9 Å². The Bertz CT molecular complexity index is 747. The second kappa shape index (κ2) is 3.81. The lowest BCUT2D eigenvalue weighted by molar-refractivity contribution is 0.0687. The lowest BCUT2D eigenvalue weighted by atomic mass is 10.3. The molecular formula is C11H7N3O3S. The van der Waals surface area contributed by atoms with Gasteiger partial charge >= 0.3 is 5.97 Å². The van der Waals surface area contributed by atoms with Crippen LogP contribution in [0.25, 0.3) is 15.9 Å². The van der Waals surface area contributed by atoms with E-state index in [9.17, 15) is 9.90 Å². The number of rotatable bonds is 2. The Morgan fingerprint density at radius 2 is 2.22 bits per heavy atom. The van der Waals surface area contributed by atoms with Gasteiger partial charge in [0.15, 0.2) is 5.75 Å². The van der Waals surface area contributed by atoms with Crippen LogP contribution in [0, 0.1) is 0 Å². The lowest BCUT2D eigenvalue weighted by Gasteiger charge is -1.99. The first-order valence-corrected chi connectivity index (χ1v) is 5.88. The summed E-state index contributed by atoms with van der Waals surface area (Å²) in [5, 5.41) is 22.1. The number of thiazole rings is 1. The van der Waals surface area contributed by atoms with Gasteiger partial charge in [-0.25, -0.2) is 14.5 Å². The Morgan fingerprint density at radius 1 is 1.39 bits per heavy atom. The van der Waals surface area contributed by atoms with Gasteiger partial charge in [-0.2, -0.15) is 5.10 Å². The van der Waals surface area contributed by atoms with E-state index in [2.05, 4.69) is 10.1 Å². The maximum atomic E-state index is 10.8. The van der Waals surface area contributed by atoms with Crippen molar-refractivity contribution in [1.29, 1.82) is 0 Å². The zero-order valence-corrected chi connectivity index (χ0v) is 9.76. The van der Waals surface area contributed by atoms with Crippen LogP contribution in [0.15, 0.2) is 29.9 Å². The van der Waals surface area contributed by atoms with Gasteiger partial charge in [0.05, 0.1) is 27.6 Å². The zero-order valence-electron chi connectivity index (χ0n) is 8.94. The summed E-state index contributed by atoms with van der Waals surface area (Å²) >= 11 is 1.48. The number of carbonyl (C=O) groups is 1. The summed E-state index contributed by atoms with van der Waals surface area (Å²) in [7, 11) is 0. The molecule has 0 aliphatic rings. The Kier molecular flexibility index (Phi) is 2.27. The third-order valence-electron chi connectivity index (χ3n) is 2.48. The Morgan fingerprint density at radius 3 is 2.94 bits per heavy atom. The van der Waals surface area contributed by atoms with Gasteiger partial charge in [0.1, 0.15) is 0 Å². The monoisotopic (exact) mass is 261 g/mol. The summed E-state index contributed by atoms with van der Waals surface area (Å²) in [5.41, 5.74) is 2.92. The average molecular weight is 261 g/mol. The van der Waals surface area contributed by atoms with E-state index < -0.39 is 5.97 Å². The second-order valence-electron chi connectivity index (χ2n) is 3.62. The highest BCUT2D eigenvalue weighted by atomic mass is 32.1. The van der Waals surface area contributed by atoms with Crippen LogP contribution in [-0.2, 0) is 0 Å². The van der Waals surface area contributed by atoms with Crippen molar-refractivity contribution in [3.8, 4) is 11.4 Å². The van der Waals surface area contributed by atoms with Crippen molar-refractivity contribution in [3.05, 3.63) is 35.6 Å². The molecule has 7 heteroatoms. The number of aromatic nitrogens is 3. The first kappa shape index (κ1) is 10.7. The number of fused-ring (bicyclic) bond motifs is 1. The highest BCUT2D eigenvalue weighted by Gasteiger charge is 2.15. The molecule has 18 heavy (non-hydrogen) atoms. The normalized spacial score (nSPS) is 10.9. The molecule has 2 N–H and O–H groups in total. The zero-order chi connectivity index (χ0) is 12.7. The largest absolute Gasteiger partial charge is 0.504 e. The first-order chi connectivity index (χ1) is 8.65. The van der Waals surface area contributed by atoms with Crippen LogP contribution < -0.4 is 0 Å². The van der Waals surface area contributed by atoms with Crippen LogP contribution in [0.5, 0.6) is 5.75 Å². The molecule has 0 aliphatic heterocycles. The van der Waals surface area contributed by atoms with Crippen molar-refractivity contribution in [2.75, 3.05) is 0 Å². The molecular weight excluding hydrogens is 254 g/mol. The molecule has 0 unspecified atom stereocenters. The minimum Gasteiger partial charge on any atom is -0.504 e. The van der Waals surface area contributed by atoms with Crippen molar-refractivity contribution in [3.63, 3.8) is 0 Å². The molecule has 6 nitrogen and oxygen atoms in total. The molecule has 3 aromatic rings. The van der Waals surface area contributed by atoms with Gasteiger partial charge in [-0.1, -0.05) is 0 Å². The van der Waals surface area contributed by atoms with Crippen molar-refractivity contribution in [2.24, 2.45) is 0 Å². The predicted molar refractivity (Wildman–Crippen MR) is 65.4 cm³/mol. The molecule has 2 aromatic heterocycles. The molecule has 0 aliphatic carbocycles. The number of carboxylic acid groups (broad SMARTS) is 1. The predicted octanol–water partition coefficient (Wildman–Crippen LogP) is 1.89. The SMILES string of the molecule is O=C(O)c1nn(-c2ccc3ncsc3c2)cc1O. The van der Waals surface area contributed by atoms with Crippen molar-refractivity contribution in [2.45, 2.75) is 0 Å². The van der Waals surface area contributed by atoms with Gasteiger partial charge in [-0.3, -0.25) is 0 Å². The highest BCUT2D eigenvalue weighted by Crippen LogP contribution is 2.23. The molecule has 0 spiro atoms. The Hall–Kier alpha value is -2.41. The second-order valence-corrected chi connectivity index (χ2v) is 4.50. The number of aromatic hydroxyl groups is 1. The first-order valence-electron chi connectivity index (χ1n) is 5.01. The third kappa shape index (κ3) is 1.61. The van der Waals surface area contributed by atoms with Crippen molar-refractivity contribution < 1.29 is 15.0 Å². The molecule has 0 saturated carbocycles. The van der Waals surface area contributed by atoms with Gasteiger partial charge in [-0.15, -0.1) is 11.3 Å². The molecule has 0 bridgehead atoms. The molecule has 2 heterocycles. The molecule has 0 fully saturated rings. The fourth-order valence-electron chi connectivity index (χ4n) is 1.64. The average Bonchev–Trinajstić information content (AvgIpc) is 2.93. The van der Waals surface area contributed by atoms with E-state index >= 15 is 0 Å². The van der Waals surface area contributed by atoms with Gasteiger partial charge in [-0.05, 0) is 18.2 Å². The fourth-order valence-corrected chi connectivity index (χ4v) is 2.35. The maximum Gasteiger partial charge on any atom is 0.360 e. The highest BCUT2D eigenvalue weighted by molar-refractivity contribution is 7.16. The topological polar surface area (TPSA) is 88.2 Å². The number of aromatic carboxylic acids is 1. The standard InChI is InChI=1S/C11H7N3O3S/c15-8-4-14(13-10(8)11(16)17)6-1-2-7-9(3-6)18-5-12-7/h1-5,15H,(H,16,17). The molecule has 90 valence electrons. The van der Waals surface area contributed by atoms with Crippen molar-refractivity contribution in [1.82, 2.24) is 14.8 Å². The van der Waals surface area contributed by atoms with E-state index in [1.807, 2.05) is 12.1 Å². The van der Waals surface area contributed by atoms with Gasteiger partial charge < -0.3 is 10.2 Å². The van der Waals surface area contributed by atoms with E-state index in [4.69, 9.17) is 5.11 Å². The van der Waals surface area contributed by atoms with Gasteiger partial charge in [0.2, 0.25) is 5.69 Å². The Labute approximate surface area is 105 Å². The number of nitrogens with zero attached hydrogens (tertiary/aromatic N) is 3. The van der Waals surface area contributed by atoms with E-state index in [0.717, 1.165) is 10.2 Å². The molecule has 0 saturated heterocycles. The Balaban J connectivity index is 2.13. The fraction of sp³-hybridized carbons (Fsp3) is 0. The quantitative estimate of drug-likeness (QED) is 0.735. The summed E-state index contributed by atoms with van der Waals surface area (Å²) in [6.45, 7) is 0. The summed E-state index contributed by atoms with van der Waals surface area (Å²) in [6, 6.07) is 5.42. The van der Waals surface area contributed by atoms with Gasteiger partial charge in [0.25, 0.3) is 0 Å². The summed E-state index contributed by atoms with van der Waals surface area (Å²) < 4.78 is 2.30. The number of benzene rings is 1. The molecule has 0 radical (unpaired) electrons. The maximum absolute atomic E-state index is 10.8. The van der Waals surface area contributed by atoms with E-state index in [1.165, 1.54) is 22.2 Å². The number of hydrogen-bond acceptors (Lipinski definition) is 5. The third-order valence-corrected chi connectivity index (χ3v) is 3.27. The summed E-state index contributed by atoms with van der Waals surface area (Å²) in [4.78, 5) is 14.9. The van der Waals surface area contributed by atoms with Crippen LogP contribution in [0.1, 0.15) is 10.5 Å². The minimum absolute atomic E-state index is 0.355. The molecule has 3 rings (SSSR count).